The van der Waals surface area contributed by atoms with Crippen LogP contribution in [0.15, 0.2) is 29.3 Å². The topological polar surface area (TPSA) is 102 Å². The highest BCUT2D eigenvalue weighted by molar-refractivity contribution is 6.30. The van der Waals surface area contributed by atoms with Gasteiger partial charge in [0.2, 0.25) is 0 Å². The quantitative estimate of drug-likeness (QED) is 0.543. The number of carboxylic acids is 1. The SMILES string of the molecule is NC(N)=NC(CC(=O)O)c1cccc(Cl)c1. The lowest BCUT2D eigenvalue weighted by molar-refractivity contribution is -0.137. The van der Waals surface area contributed by atoms with Gasteiger partial charge in [-0.3, -0.25) is 4.79 Å². The molecule has 0 heterocycles. The molecule has 16 heavy (non-hydrogen) atoms. The zero-order chi connectivity index (χ0) is 12.1. The summed E-state index contributed by atoms with van der Waals surface area (Å²) in [5.74, 6) is -1.12. The van der Waals surface area contributed by atoms with Crippen LogP contribution in [0.25, 0.3) is 0 Å². The van der Waals surface area contributed by atoms with Crippen molar-refractivity contribution >= 4 is 23.5 Å². The number of nitrogens with zero attached hydrogens (tertiary/aromatic N) is 1. The molecule has 0 aliphatic carbocycles. The van der Waals surface area contributed by atoms with Crippen molar-refractivity contribution in [2.24, 2.45) is 16.5 Å². The molecule has 0 bridgehead atoms. The summed E-state index contributed by atoms with van der Waals surface area (Å²) in [5, 5.41) is 9.26. The number of benzene rings is 1. The molecule has 5 N–H and O–H groups in total. The molecule has 1 aromatic rings. The van der Waals surface area contributed by atoms with Crippen molar-refractivity contribution in [3.63, 3.8) is 0 Å². The van der Waals surface area contributed by atoms with E-state index in [0.29, 0.717) is 10.6 Å². The lowest BCUT2D eigenvalue weighted by Crippen LogP contribution is -2.24. The van der Waals surface area contributed by atoms with Gasteiger partial charge in [-0.1, -0.05) is 23.7 Å². The molecule has 6 heteroatoms. The molecule has 1 rings (SSSR count). The van der Waals surface area contributed by atoms with Crippen molar-refractivity contribution < 1.29 is 9.90 Å². The van der Waals surface area contributed by atoms with Crippen molar-refractivity contribution in [1.29, 1.82) is 0 Å². The fourth-order valence-electron chi connectivity index (χ4n) is 1.30. The zero-order valence-electron chi connectivity index (χ0n) is 8.43. The highest BCUT2D eigenvalue weighted by Gasteiger charge is 2.14. The zero-order valence-corrected chi connectivity index (χ0v) is 9.19. The van der Waals surface area contributed by atoms with Crippen molar-refractivity contribution in [2.45, 2.75) is 12.5 Å². The fourth-order valence-corrected chi connectivity index (χ4v) is 1.50. The number of rotatable bonds is 4. The third kappa shape index (κ3) is 3.78. The van der Waals surface area contributed by atoms with Gasteiger partial charge in [0.15, 0.2) is 5.96 Å². The van der Waals surface area contributed by atoms with Crippen molar-refractivity contribution in [2.75, 3.05) is 0 Å². The molecular weight excluding hydrogens is 230 g/mol. The van der Waals surface area contributed by atoms with Crippen LogP contribution in [-0.4, -0.2) is 17.0 Å². The van der Waals surface area contributed by atoms with E-state index in [4.69, 9.17) is 28.2 Å². The first-order chi connectivity index (χ1) is 7.49. The van der Waals surface area contributed by atoms with Crippen LogP contribution in [-0.2, 0) is 4.79 Å². The monoisotopic (exact) mass is 241 g/mol. The number of hydrogen-bond donors (Lipinski definition) is 3. The summed E-state index contributed by atoms with van der Waals surface area (Å²) in [5.41, 5.74) is 11.2. The Labute approximate surface area is 97.7 Å². The Kier molecular flexibility index (Phi) is 4.13. The lowest BCUT2D eigenvalue weighted by atomic mass is 10.0. The summed E-state index contributed by atoms with van der Waals surface area (Å²) < 4.78 is 0. The van der Waals surface area contributed by atoms with Gasteiger partial charge < -0.3 is 16.6 Å². The smallest absolute Gasteiger partial charge is 0.305 e. The van der Waals surface area contributed by atoms with E-state index in [-0.39, 0.29) is 12.4 Å². The highest BCUT2D eigenvalue weighted by Crippen LogP contribution is 2.23. The third-order valence-corrected chi connectivity index (χ3v) is 2.14. The minimum absolute atomic E-state index is 0.147. The Hall–Kier alpha value is -1.75. The molecular formula is C10H12ClN3O2. The fraction of sp³-hybridized carbons (Fsp3) is 0.200. The second-order valence-electron chi connectivity index (χ2n) is 3.22. The van der Waals surface area contributed by atoms with E-state index in [2.05, 4.69) is 4.99 Å². The van der Waals surface area contributed by atoms with Crippen LogP contribution in [0.5, 0.6) is 0 Å². The molecule has 0 spiro atoms. The Morgan fingerprint density at radius 3 is 2.69 bits per heavy atom. The minimum atomic E-state index is -0.977. The molecule has 0 amide bonds. The normalized spacial score (nSPS) is 11.8. The molecule has 0 aliphatic heterocycles. The van der Waals surface area contributed by atoms with E-state index in [1.807, 2.05) is 0 Å². The molecule has 0 radical (unpaired) electrons. The molecule has 86 valence electrons. The summed E-state index contributed by atoms with van der Waals surface area (Å²) in [6.07, 6.45) is -0.182. The molecule has 1 aromatic carbocycles. The van der Waals surface area contributed by atoms with Crippen LogP contribution in [0.1, 0.15) is 18.0 Å². The van der Waals surface area contributed by atoms with Crippen molar-refractivity contribution in [3.8, 4) is 0 Å². The first kappa shape index (κ1) is 12.3. The Bertz CT molecular complexity index is 416. The second kappa shape index (κ2) is 5.37. The summed E-state index contributed by atoms with van der Waals surface area (Å²) in [4.78, 5) is 14.5. The highest BCUT2D eigenvalue weighted by atomic mass is 35.5. The molecule has 0 fully saturated rings. The summed E-state index contributed by atoms with van der Waals surface area (Å²) in [6.45, 7) is 0. The van der Waals surface area contributed by atoms with Crippen LogP contribution in [0.4, 0.5) is 0 Å². The van der Waals surface area contributed by atoms with Crippen LogP contribution < -0.4 is 11.5 Å². The summed E-state index contributed by atoms with van der Waals surface area (Å²) in [7, 11) is 0. The van der Waals surface area contributed by atoms with Crippen LogP contribution in [0, 0.1) is 0 Å². The average molecular weight is 242 g/mol. The van der Waals surface area contributed by atoms with Gasteiger partial charge in [-0.05, 0) is 17.7 Å². The maximum Gasteiger partial charge on any atom is 0.305 e. The molecule has 0 saturated carbocycles. The number of nitrogens with two attached hydrogens (primary N) is 2. The number of aliphatic imine (C=N–C) groups is 1. The van der Waals surface area contributed by atoms with Crippen molar-refractivity contribution in [1.82, 2.24) is 0 Å². The van der Waals surface area contributed by atoms with Gasteiger partial charge in [-0.2, -0.15) is 0 Å². The number of carboxylic acid groups (broad SMARTS) is 1. The third-order valence-electron chi connectivity index (χ3n) is 1.91. The molecule has 0 saturated heterocycles. The molecule has 0 aromatic heterocycles. The number of guanidine groups is 1. The van der Waals surface area contributed by atoms with Crippen LogP contribution >= 0.6 is 11.6 Å². The Balaban J connectivity index is 3.00. The largest absolute Gasteiger partial charge is 0.481 e. The molecule has 0 aliphatic rings. The first-order valence-electron chi connectivity index (χ1n) is 4.55. The second-order valence-corrected chi connectivity index (χ2v) is 3.66. The number of halogens is 1. The predicted molar refractivity (Wildman–Crippen MR) is 62.3 cm³/mol. The standard InChI is InChI=1S/C10H12ClN3O2/c11-7-3-1-2-6(4-7)8(5-9(15)16)14-10(12)13/h1-4,8H,5H2,(H,15,16)(H4,12,13,14). The number of aliphatic carboxylic acids is 1. The van der Waals surface area contributed by atoms with E-state index in [1.54, 1.807) is 24.3 Å². The van der Waals surface area contributed by atoms with Gasteiger partial charge in [-0.15, -0.1) is 0 Å². The Morgan fingerprint density at radius 2 is 2.19 bits per heavy atom. The van der Waals surface area contributed by atoms with Gasteiger partial charge >= 0.3 is 5.97 Å². The lowest BCUT2D eigenvalue weighted by Gasteiger charge is -2.11. The van der Waals surface area contributed by atoms with E-state index >= 15 is 0 Å². The van der Waals surface area contributed by atoms with Gasteiger partial charge in [0.05, 0.1) is 12.5 Å². The molecule has 5 nitrogen and oxygen atoms in total. The van der Waals surface area contributed by atoms with Crippen molar-refractivity contribution in [3.05, 3.63) is 34.9 Å². The van der Waals surface area contributed by atoms with Gasteiger partial charge in [0.1, 0.15) is 0 Å². The number of carbonyl (C=O) groups is 1. The van der Waals surface area contributed by atoms with Gasteiger partial charge in [0, 0.05) is 5.02 Å². The molecule has 1 unspecified atom stereocenters. The average Bonchev–Trinajstić information content (AvgIpc) is 2.15. The van der Waals surface area contributed by atoms with Crippen LogP contribution in [0.2, 0.25) is 5.02 Å². The predicted octanol–water partition coefficient (Wildman–Crippen LogP) is 1.13. The maximum atomic E-state index is 10.7. The number of hydrogen-bond acceptors (Lipinski definition) is 2. The minimum Gasteiger partial charge on any atom is -0.481 e. The van der Waals surface area contributed by atoms with Gasteiger partial charge in [0.25, 0.3) is 0 Å². The van der Waals surface area contributed by atoms with E-state index in [9.17, 15) is 4.79 Å². The first-order valence-corrected chi connectivity index (χ1v) is 4.93. The summed E-state index contributed by atoms with van der Waals surface area (Å²) >= 11 is 5.80. The summed E-state index contributed by atoms with van der Waals surface area (Å²) in [6, 6.07) is 6.17. The maximum absolute atomic E-state index is 10.7. The van der Waals surface area contributed by atoms with E-state index in [1.165, 1.54) is 0 Å². The Morgan fingerprint density at radius 1 is 1.50 bits per heavy atom. The van der Waals surface area contributed by atoms with Crippen LogP contribution in [0.3, 0.4) is 0 Å². The van der Waals surface area contributed by atoms with E-state index < -0.39 is 12.0 Å². The van der Waals surface area contributed by atoms with E-state index in [0.717, 1.165) is 0 Å². The molecule has 1 atom stereocenters. The van der Waals surface area contributed by atoms with Gasteiger partial charge in [-0.25, -0.2) is 4.99 Å².